The fourth-order valence-corrected chi connectivity index (χ4v) is 2.07. The fourth-order valence-electron chi connectivity index (χ4n) is 2.07. The second-order valence-electron chi connectivity index (χ2n) is 5.58. The SMILES string of the molecule is CCCCCOc1cccc(N(O)C(=O)OCCCNCCC)c1.Cl. The molecule has 25 heavy (non-hydrogen) atoms. The minimum absolute atomic E-state index is 0. The zero-order valence-corrected chi connectivity index (χ0v) is 16.0. The standard InChI is InChI=1S/C18H30N2O4.ClH/c1-3-5-6-13-23-17-10-7-9-16(15-17)20(22)18(21)24-14-8-12-19-11-4-2;/h7,9-10,15,19,22H,3-6,8,11-14H2,1-2H3;1H. The van der Waals surface area contributed by atoms with E-state index in [1.54, 1.807) is 24.3 Å². The first kappa shape index (κ1) is 23.5. The van der Waals surface area contributed by atoms with E-state index in [0.29, 0.717) is 29.5 Å². The molecule has 0 heterocycles. The lowest BCUT2D eigenvalue weighted by atomic mass is 10.2. The highest BCUT2D eigenvalue weighted by Crippen LogP contribution is 2.21. The third-order valence-electron chi connectivity index (χ3n) is 3.40. The molecule has 0 aliphatic carbocycles. The number of nitrogens with one attached hydrogen (secondary N) is 1. The molecule has 0 saturated heterocycles. The maximum atomic E-state index is 11.8. The van der Waals surface area contributed by atoms with Crippen molar-refractivity contribution in [1.29, 1.82) is 0 Å². The zero-order valence-electron chi connectivity index (χ0n) is 15.2. The molecule has 6 nitrogen and oxygen atoms in total. The molecule has 1 amide bonds. The maximum Gasteiger partial charge on any atom is 0.438 e. The van der Waals surface area contributed by atoms with Crippen LogP contribution < -0.4 is 15.1 Å². The predicted molar refractivity (Wildman–Crippen MR) is 102 cm³/mol. The second-order valence-corrected chi connectivity index (χ2v) is 5.58. The van der Waals surface area contributed by atoms with Crippen LogP contribution in [0.1, 0.15) is 46.0 Å². The molecule has 0 fully saturated rings. The van der Waals surface area contributed by atoms with Crippen LogP contribution >= 0.6 is 12.4 Å². The quantitative estimate of drug-likeness (QED) is 0.322. The first-order chi connectivity index (χ1) is 11.7. The Balaban J connectivity index is 0.00000576. The van der Waals surface area contributed by atoms with Gasteiger partial charge in [0, 0.05) is 6.07 Å². The number of anilines is 1. The second kappa shape index (κ2) is 14.8. The van der Waals surface area contributed by atoms with Crippen molar-refractivity contribution in [2.45, 2.75) is 46.0 Å². The molecule has 0 aromatic heterocycles. The number of halogens is 1. The topological polar surface area (TPSA) is 71.0 Å². The van der Waals surface area contributed by atoms with E-state index >= 15 is 0 Å². The van der Waals surface area contributed by atoms with E-state index < -0.39 is 6.09 Å². The lowest BCUT2D eigenvalue weighted by Gasteiger charge is -2.16. The monoisotopic (exact) mass is 374 g/mol. The van der Waals surface area contributed by atoms with Crippen LogP contribution in [-0.4, -0.2) is 37.6 Å². The van der Waals surface area contributed by atoms with Crippen LogP contribution in [0.5, 0.6) is 5.75 Å². The summed E-state index contributed by atoms with van der Waals surface area (Å²) in [5, 5.41) is 13.7. The van der Waals surface area contributed by atoms with Crippen molar-refractivity contribution in [3.8, 4) is 5.75 Å². The smallest absolute Gasteiger partial charge is 0.438 e. The summed E-state index contributed by atoms with van der Waals surface area (Å²) in [6.07, 6.45) is 4.23. The lowest BCUT2D eigenvalue weighted by Crippen LogP contribution is -2.28. The Morgan fingerprint density at radius 3 is 2.64 bits per heavy atom. The number of carbonyl (C=O) groups excluding carboxylic acids is 1. The molecule has 1 rings (SSSR count). The number of benzene rings is 1. The molecule has 144 valence electrons. The van der Waals surface area contributed by atoms with E-state index in [9.17, 15) is 10.0 Å². The molecular weight excluding hydrogens is 344 g/mol. The fraction of sp³-hybridized carbons (Fsp3) is 0.611. The first-order valence-corrected chi connectivity index (χ1v) is 8.78. The van der Waals surface area contributed by atoms with E-state index in [-0.39, 0.29) is 19.0 Å². The van der Waals surface area contributed by atoms with E-state index in [4.69, 9.17) is 9.47 Å². The van der Waals surface area contributed by atoms with Crippen molar-refractivity contribution in [1.82, 2.24) is 5.32 Å². The number of hydrogen-bond acceptors (Lipinski definition) is 5. The van der Waals surface area contributed by atoms with Crippen molar-refractivity contribution >= 4 is 24.2 Å². The largest absolute Gasteiger partial charge is 0.494 e. The molecule has 1 aromatic carbocycles. The van der Waals surface area contributed by atoms with Crippen LogP contribution in [0.3, 0.4) is 0 Å². The van der Waals surface area contributed by atoms with Gasteiger partial charge in [-0.15, -0.1) is 12.4 Å². The Kier molecular flexibility index (Phi) is 13.9. The van der Waals surface area contributed by atoms with Crippen molar-refractivity contribution in [2.24, 2.45) is 0 Å². The molecule has 0 atom stereocenters. The normalized spacial score (nSPS) is 10.0. The average Bonchev–Trinajstić information content (AvgIpc) is 2.61. The summed E-state index contributed by atoms with van der Waals surface area (Å²) >= 11 is 0. The molecule has 0 saturated carbocycles. The number of nitrogens with zero attached hydrogens (tertiary/aromatic N) is 1. The highest BCUT2D eigenvalue weighted by Gasteiger charge is 2.15. The Hall–Kier alpha value is -1.50. The van der Waals surface area contributed by atoms with Gasteiger partial charge in [-0.25, -0.2) is 4.79 Å². The summed E-state index contributed by atoms with van der Waals surface area (Å²) in [7, 11) is 0. The van der Waals surface area contributed by atoms with Gasteiger partial charge in [-0.2, -0.15) is 5.06 Å². The van der Waals surface area contributed by atoms with Gasteiger partial charge in [0.05, 0.1) is 18.9 Å². The van der Waals surface area contributed by atoms with E-state index in [2.05, 4.69) is 19.2 Å². The Morgan fingerprint density at radius 1 is 1.12 bits per heavy atom. The summed E-state index contributed by atoms with van der Waals surface area (Å²) in [5.74, 6) is 0.624. The third-order valence-corrected chi connectivity index (χ3v) is 3.40. The van der Waals surface area contributed by atoms with Crippen molar-refractivity contribution in [2.75, 3.05) is 31.4 Å². The number of hydroxylamine groups is 1. The average molecular weight is 375 g/mol. The highest BCUT2D eigenvalue weighted by atomic mass is 35.5. The molecular formula is C18H31ClN2O4. The summed E-state index contributed by atoms with van der Waals surface area (Å²) in [6.45, 7) is 6.85. The number of unbranched alkanes of at least 4 members (excludes halogenated alkanes) is 2. The number of amides is 1. The molecule has 2 N–H and O–H groups in total. The van der Waals surface area contributed by atoms with Gasteiger partial charge in [0.25, 0.3) is 0 Å². The molecule has 0 unspecified atom stereocenters. The first-order valence-electron chi connectivity index (χ1n) is 8.78. The van der Waals surface area contributed by atoms with Crippen molar-refractivity contribution in [3.63, 3.8) is 0 Å². The van der Waals surface area contributed by atoms with Crippen LogP contribution in [0.4, 0.5) is 10.5 Å². The summed E-state index contributed by atoms with van der Waals surface area (Å²) < 4.78 is 10.7. The van der Waals surface area contributed by atoms with Gasteiger partial charge in [-0.05, 0) is 44.5 Å². The van der Waals surface area contributed by atoms with Gasteiger partial charge in [0.1, 0.15) is 5.75 Å². The molecule has 0 radical (unpaired) electrons. The van der Waals surface area contributed by atoms with Crippen LogP contribution in [0.2, 0.25) is 0 Å². The summed E-state index contributed by atoms with van der Waals surface area (Å²) in [4.78, 5) is 11.8. The van der Waals surface area contributed by atoms with Gasteiger partial charge in [-0.3, -0.25) is 5.21 Å². The zero-order chi connectivity index (χ0) is 17.6. The molecule has 7 heteroatoms. The predicted octanol–water partition coefficient (Wildman–Crippen LogP) is 4.40. The highest BCUT2D eigenvalue weighted by molar-refractivity contribution is 5.85. The van der Waals surface area contributed by atoms with E-state index in [1.807, 2.05) is 0 Å². The lowest BCUT2D eigenvalue weighted by molar-refractivity contribution is 0.119. The number of rotatable bonds is 12. The van der Waals surface area contributed by atoms with Crippen LogP contribution in [0.25, 0.3) is 0 Å². The van der Waals surface area contributed by atoms with Gasteiger partial charge in [0.2, 0.25) is 0 Å². The van der Waals surface area contributed by atoms with E-state index in [0.717, 1.165) is 38.8 Å². The minimum atomic E-state index is -0.784. The minimum Gasteiger partial charge on any atom is -0.494 e. The number of hydrogen-bond donors (Lipinski definition) is 2. The Bertz CT molecular complexity index is 474. The third kappa shape index (κ3) is 10.2. The van der Waals surface area contributed by atoms with Gasteiger partial charge >= 0.3 is 6.09 Å². The van der Waals surface area contributed by atoms with E-state index in [1.165, 1.54) is 0 Å². The van der Waals surface area contributed by atoms with Gasteiger partial charge in [-0.1, -0.05) is 32.8 Å². The summed E-state index contributed by atoms with van der Waals surface area (Å²) in [6, 6.07) is 6.78. The van der Waals surface area contributed by atoms with Crippen LogP contribution in [0.15, 0.2) is 24.3 Å². The van der Waals surface area contributed by atoms with Gasteiger partial charge in [0.15, 0.2) is 0 Å². The molecule has 0 aliphatic rings. The molecule has 0 bridgehead atoms. The van der Waals surface area contributed by atoms with Crippen LogP contribution in [-0.2, 0) is 4.74 Å². The summed E-state index contributed by atoms with van der Waals surface area (Å²) in [5.41, 5.74) is 0.331. The molecule has 1 aromatic rings. The van der Waals surface area contributed by atoms with Crippen molar-refractivity contribution in [3.05, 3.63) is 24.3 Å². The number of ether oxygens (including phenoxy) is 2. The van der Waals surface area contributed by atoms with Gasteiger partial charge < -0.3 is 14.8 Å². The molecule has 0 spiro atoms. The molecule has 0 aliphatic heterocycles. The maximum absolute atomic E-state index is 11.8. The Labute approximate surface area is 156 Å². The van der Waals surface area contributed by atoms with Crippen LogP contribution in [0, 0.1) is 0 Å². The van der Waals surface area contributed by atoms with Crippen molar-refractivity contribution < 1.29 is 19.5 Å². The Morgan fingerprint density at radius 2 is 1.92 bits per heavy atom. The number of carbonyl (C=O) groups is 1.